The third-order valence-corrected chi connectivity index (χ3v) is 4.53. The van der Waals surface area contributed by atoms with Gasteiger partial charge in [-0.3, -0.25) is 9.48 Å². The van der Waals surface area contributed by atoms with E-state index >= 15 is 0 Å². The smallest absolute Gasteiger partial charge is 0.266 e. The highest BCUT2D eigenvalue weighted by atomic mass is 32.2. The van der Waals surface area contributed by atoms with Crippen molar-refractivity contribution in [3.8, 4) is 0 Å². The zero-order chi connectivity index (χ0) is 11.8. The minimum absolute atomic E-state index is 0.0531. The zero-order valence-electron chi connectivity index (χ0n) is 9.27. The summed E-state index contributed by atoms with van der Waals surface area (Å²) in [6.45, 7) is 0. The zero-order valence-corrected chi connectivity index (χ0v) is 10.9. The highest BCUT2D eigenvalue weighted by Gasteiger charge is 2.22. The minimum Gasteiger partial charge on any atom is -0.306 e. The highest BCUT2D eigenvalue weighted by Crippen LogP contribution is 2.34. The molecule has 2 aromatic heterocycles. The molecule has 17 heavy (non-hydrogen) atoms. The summed E-state index contributed by atoms with van der Waals surface area (Å²) in [6.07, 6.45) is 0. The number of carbonyl (C=O) groups excluding carboxylic acids is 1. The van der Waals surface area contributed by atoms with Gasteiger partial charge in [-0.15, -0.1) is 11.3 Å². The molecule has 3 heterocycles. The molecule has 1 amide bonds. The molecule has 4 nitrogen and oxygen atoms in total. The minimum atomic E-state index is -0.0531. The molecule has 6 heteroatoms. The Morgan fingerprint density at radius 3 is 3.18 bits per heavy atom. The summed E-state index contributed by atoms with van der Waals surface area (Å²) in [5, 5.41) is 9.26. The largest absolute Gasteiger partial charge is 0.306 e. The number of nitrogens with one attached hydrogen (secondary N) is 1. The number of hydrogen-bond donors (Lipinski definition) is 1. The fourth-order valence-electron chi connectivity index (χ4n) is 1.87. The quantitative estimate of drug-likeness (QED) is 0.907. The first-order chi connectivity index (χ1) is 8.25. The summed E-state index contributed by atoms with van der Waals surface area (Å²) in [4.78, 5) is 12.7. The van der Waals surface area contributed by atoms with Gasteiger partial charge >= 0.3 is 0 Å². The molecule has 0 aliphatic carbocycles. The number of hydrogen-bond acceptors (Lipinski definition) is 4. The van der Waals surface area contributed by atoms with E-state index in [9.17, 15) is 4.79 Å². The molecule has 0 aromatic carbocycles. The van der Waals surface area contributed by atoms with E-state index in [2.05, 4.69) is 10.4 Å². The van der Waals surface area contributed by atoms with Gasteiger partial charge < -0.3 is 5.32 Å². The maximum absolute atomic E-state index is 12.0. The number of fused-ring (bicyclic) bond motifs is 1. The van der Waals surface area contributed by atoms with Gasteiger partial charge in [0.05, 0.1) is 10.6 Å². The van der Waals surface area contributed by atoms with Crippen LogP contribution in [0.15, 0.2) is 17.5 Å². The highest BCUT2D eigenvalue weighted by molar-refractivity contribution is 7.98. The number of aromatic nitrogens is 2. The van der Waals surface area contributed by atoms with E-state index in [0.29, 0.717) is 0 Å². The molecule has 1 aliphatic rings. The molecule has 0 spiro atoms. The Balaban J connectivity index is 1.88. The second kappa shape index (κ2) is 4.19. The Bertz CT molecular complexity index is 560. The summed E-state index contributed by atoms with van der Waals surface area (Å²) in [5.74, 6) is 2.66. The molecule has 0 saturated heterocycles. The van der Waals surface area contributed by atoms with Crippen LogP contribution in [0.25, 0.3) is 0 Å². The van der Waals surface area contributed by atoms with Crippen LogP contribution in [0.4, 0.5) is 5.82 Å². The molecule has 88 valence electrons. The van der Waals surface area contributed by atoms with Gasteiger partial charge in [0, 0.05) is 24.1 Å². The van der Waals surface area contributed by atoms with Crippen molar-refractivity contribution in [3.05, 3.63) is 33.6 Å². The van der Waals surface area contributed by atoms with Crippen molar-refractivity contribution in [2.45, 2.75) is 11.5 Å². The molecule has 0 radical (unpaired) electrons. The molecule has 0 unspecified atom stereocenters. The van der Waals surface area contributed by atoms with Crippen LogP contribution in [0.5, 0.6) is 0 Å². The number of anilines is 1. The average molecular weight is 265 g/mol. The van der Waals surface area contributed by atoms with Gasteiger partial charge in [-0.05, 0) is 11.4 Å². The average Bonchev–Trinajstić information content (AvgIpc) is 2.98. The van der Waals surface area contributed by atoms with E-state index in [-0.39, 0.29) is 5.91 Å². The van der Waals surface area contributed by atoms with Gasteiger partial charge in [0.2, 0.25) is 0 Å². The predicted molar refractivity (Wildman–Crippen MR) is 70.5 cm³/mol. The normalized spacial score (nSPS) is 13.7. The lowest BCUT2D eigenvalue weighted by Gasteiger charge is -2.05. The molecular formula is C11H11N3OS2. The Morgan fingerprint density at radius 1 is 1.53 bits per heavy atom. The summed E-state index contributed by atoms with van der Waals surface area (Å²) >= 11 is 3.28. The summed E-state index contributed by atoms with van der Waals surface area (Å²) < 4.78 is 1.76. The first kappa shape index (κ1) is 10.9. The van der Waals surface area contributed by atoms with Crippen molar-refractivity contribution in [1.29, 1.82) is 0 Å². The molecule has 2 aromatic rings. The maximum atomic E-state index is 12.0. The fraction of sp³-hybridized carbons (Fsp3) is 0.273. The third kappa shape index (κ3) is 1.87. The van der Waals surface area contributed by atoms with E-state index in [0.717, 1.165) is 27.9 Å². The van der Waals surface area contributed by atoms with Gasteiger partial charge in [0.15, 0.2) is 0 Å². The first-order valence-electron chi connectivity index (χ1n) is 5.23. The Kier molecular flexibility index (Phi) is 2.68. The van der Waals surface area contributed by atoms with Gasteiger partial charge in [0.25, 0.3) is 5.91 Å². The van der Waals surface area contributed by atoms with Crippen LogP contribution in [0.3, 0.4) is 0 Å². The summed E-state index contributed by atoms with van der Waals surface area (Å²) in [5.41, 5.74) is 2.27. The molecule has 1 N–H and O–H groups in total. The van der Waals surface area contributed by atoms with Crippen LogP contribution in [0.1, 0.15) is 20.9 Å². The SMILES string of the molecule is Cn1nc2c(c1NC(=O)c1cccs1)CSC2. The molecule has 1 aliphatic heterocycles. The van der Waals surface area contributed by atoms with Crippen molar-refractivity contribution in [3.63, 3.8) is 0 Å². The first-order valence-corrected chi connectivity index (χ1v) is 7.26. The van der Waals surface area contributed by atoms with Crippen molar-refractivity contribution in [2.24, 2.45) is 7.05 Å². The molecular weight excluding hydrogens is 254 g/mol. The van der Waals surface area contributed by atoms with E-state index in [1.807, 2.05) is 36.3 Å². The predicted octanol–water partition coefficient (Wildman–Crippen LogP) is 2.48. The number of rotatable bonds is 2. The van der Waals surface area contributed by atoms with Gasteiger partial charge in [-0.2, -0.15) is 16.9 Å². The molecule has 0 saturated carbocycles. The van der Waals surface area contributed by atoms with E-state index in [1.165, 1.54) is 16.9 Å². The lowest BCUT2D eigenvalue weighted by atomic mass is 10.3. The van der Waals surface area contributed by atoms with Crippen LogP contribution in [-0.2, 0) is 18.6 Å². The second-order valence-electron chi connectivity index (χ2n) is 3.82. The number of carbonyl (C=O) groups is 1. The van der Waals surface area contributed by atoms with Gasteiger partial charge in [0.1, 0.15) is 5.82 Å². The van der Waals surface area contributed by atoms with Gasteiger partial charge in [-0.25, -0.2) is 0 Å². The summed E-state index contributed by atoms with van der Waals surface area (Å²) in [6, 6.07) is 3.70. The topological polar surface area (TPSA) is 46.9 Å². The van der Waals surface area contributed by atoms with Crippen molar-refractivity contribution >= 4 is 34.8 Å². The summed E-state index contributed by atoms with van der Waals surface area (Å²) in [7, 11) is 1.87. The van der Waals surface area contributed by atoms with Crippen molar-refractivity contribution in [1.82, 2.24) is 9.78 Å². The second-order valence-corrected chi connectivity index (χ2v) is 5.75. The lowest BCUT2D eigenvalue weighted by Crippen LogP contribution is -2.14. The molecule has 0 bridgehead atoms. The number of thioether (sulfide) groups is 1. The number of aryl methyl sites for hydroxylation is 1. The van der Waals surface area contributed by atoms with E-state index in [1.54, 1.807) is 4.68 Å². The number of thiophene rings is 1. The maximum Gasteiger partial charge on any atom is 0.266 e. The number of amides is 1. The molecule has 0 atom stereocenters. The van der Waals surface area contributed by atoms with Crippen LogP contribution in [-0.4, -0.2) is 15.7 Å². The molecule has 3 rings (SSSR count). The van der Waals surface area contributed by atoms with Crippen LogP contribution >= 0.6 is 23.1 Å². The monoisotopic (exact) mass is 265 g/mol. The number of nitrogens with zero attached hydrogens (tertiary/aromatic N) is 2. The van der Waals surface area contributed by atoms with Crippen LogP contribution in [0.2, 0.25) is 0 Å². The molecule has 0 fully saturated rings. The van der Waals surface area contributed by atoms with Crippen LogP contribution < -0.4 is 5.32 Å². The Labute approximate surface area is 107 Å². The lowest BCUT2D eigenvalue weighted by molar-refractivity contribution is 0.102. The fourth-order valence-corrected chi connectivity index (χ4v) is 3.53. The van der Waals surface area contributed by atoms with Gasteiger partial charge in [-0.1, -0.05) is 6.07 Å². The standard InChI is InChI=1S/C11H11N3OS2/c1-14-10(7-5-16-6-8(7)13-14)12-11(15)9-3-2-4-17-9/h2-4H,5-6H2,1H3,(H,12,15). The van der Waals surface area contributed by atoms with E-state index < -0.39 is 0 Å². The van der Waals surface area contributed by atoms with Crippen LogP contribution in [0, 0.1) is 0 Å². The Hall–Kier alpha value is -1.27. The van der Waals surface area contributed by atoms with Crippen molar-refractivity contribution in [2.75, 3.05) is 5.32 Å². The Morgan fingerprint density at radius 2 is 2.41 bits per heavy atom. The van der Waals surface area contributed by atoms with E-state index in [4.69, 9.17) is 0 Å². The third-order valence-electron chi connectivity index (χ3n) is 2.69. The van der Waals surface area contributed by atoms with Crippen molar-refractivity contribution < 1.29 is 4.79 Å².